The average Bonchev–Trinajstić information content (AvgIpc) is 2.67. The van der Waals surface area contributed by atoms with Gasteiger partial charge in [-0.05, 0) is 42.5 Å². The first-order chi connectivity index (χ1) is 12.3. The van der Waals surface area contributed by atoms with Gasteiger partial charge in [0.25, 0.3) is 5.79 Å². The zero-order valence-corrected chi connectivity index (χ0v) is 14.0. The quantitative estimate of drug-likeness (QED) is 0.435. The summed E-state index contributed by atoms with van der Waals surface area (Å²) < 4.78 is 28.2. The maximum atomic E-state index is 13.2. The third-order valence-corrected chi connectivity index (χ3v) is 3.64. The fraction of sp³-hybridized carbons (Fsp3) is 0.222. The molecule has 0 heterocycles. The minimum absolute atomic E-state index is 0.0621. The highest BCUT2D eigenvalue weighted by molar-refractivity contribution is 5.77. The number of carbonyl (C=O) groups is 2. The predicted octanol–water partition coefficient (Wildman–Crippen LogP) is 1.40. The number of rotatable bonds is 7. The lowest BCUT2D eigenvalue weighted by Gasteiger charge is -2.32. The number of hydrogen-bond acceptors (Lipinski definition) is 7. The van der Waals surface area contributed by atoms with E-state index in [1.807, 2.05) is 0 Å². The number of esters is 1. The van der Waals surface area contributed by atoms with Crippen molar-refractivity contribution in [2.75, 3.05) is 14.2 Å². The SMILES string of the molecule is COC(=O)C(O)C(O)(Oc1ccc(C=O)cc1OC)c1ccc(F)cc1. The molecule has 0 saturated carbocycles. The molecule has 2 aromatic rings. The van der Waals surface area contributed by atoms with Gasteiger partial charge in [0.2, 0.25) is 6.10 Å². The van der Waals surface area contributed by atoms with E-state index in [1.54, 1.807) is 0 Å². The Morgan fingerprint density at radius 2 is 1.81 bits per heavy atom. The van der Waals surface area contributed by atoms with Crippen molar-refractivity contribution in [1.29, 1.82) is 0 Å². The summed E-state index contributed by atoms with van der Waals surface area (Å²) in [5.74, 6) is -4.34. The highest BCUT2D eigenvalue weighted by Gasteiger charge is 2.46. The Kier molecular flexibility index (Phi) is 5.91. The minimum atomic E-state index is -2.60. The van der Waals surface area contributed by atoms with Crippen LogP contribution in [0.1, 0.15) is 15.9 Å². The Morgan fingerprint density at radius 1 is 1.15 bits per heavy atom. The molecule has 2 atom stereocenters. The Hall–Kier alpha value is -2.97. The summed E-state index contributed by atoms with van der Waals surface area (Å²) in [6.45, 7) is 0. The van der Waals surface area contributed by atoms with Gasteiger partial charge >= 0.3 is 5.97 Å². The lowest BCUT2D eigenvalue weighted by atomic mass is 9.99. The van der Waals surface area contributed by atoms with Crippen LogP contribution >= 0.6 is 0 Å². The van der Waals surface area contributed by atoms with Crippen LogP contribution in [0.5, 0.6) is 11.5 Å². The van der Waals surface area contributed by atoms with E-state index in [9.17, 15) is 24.2 Å². The molecule has 26 heavy (non-hydrogen) atoms. The lowest BCUT2D eigenvalue weighted by Crippen LogP contribution is -2.49. The molecule has 138 valence electrons. The number of aldehydes is 1. The lowest BCUT2D eigenvalue weighted by molar-refractivity contribution is -0.224. The van der Waals surface area contributed by atoms with E-state index in [-0.39, 0.29) is 22.6 Å². The molecule has 0 aromatic heterocycles. The van der Waals surface area contributed by atoms with Gasteiger partial charge in [0.15, 0.2) is 11.5 Å². The van der Waals surface area contributed by atoms with Crippen LogP contribution in [-0.4, -0.2) is 42.8 Å². The van der Waals surface area contributed by atoms with E-state index in [4.69, 9.17) is 9.47 Å². The second kappa shape index (κ2) is 7.94. The average molecular weight is 364 g/mol. The van der Waals surface area contributed by atoms with Crippen molar-refractivity contribution in [3.8, 4) is 11.5 Å². The zero-order chi connectivity index (χ0) is 19.3. The molecule has 7 nitrogen and oxygen atoms in total. The van der Waals surface area contributed by atoms with E-state index >= 15 is 0 Å². The molecule has 0 bridgehead atoms. The van der Waals surface area contributed by atoms with Gasteiger partial charge in [-0.1, -0.05) is 0 Å². The normalized spacial score (nSPS) is 14.0. The fourth-order valence-electron chi connectivity index (χ4n) is 2.24. The molecule has 0 spiro atoms. The van der Waals surface area contributed by atoms with Crippen molar-refractivity contribution in [3.05, 3.63) is 59.4 Å². The second-order valence-corrected chi connectivity index (χ2v) is 5.26. The summed E-state index contributed by atoms with van der Waals surface area (Å²) in [5, 5.41) is 21.2. The number of carbonyl (C=O) groups excluding carboxylic acids is 2. The molecule has 0 aliphatic carbocycles. The van der Waals surface area contributed by atoms with Crippen molar-refractivity contribution in [2.45, 2.75) is 11.9 Å². The topological polar surface area (TPSA) is 102 Å². The van der Waals surface area contributed by atoms with Crippen LogP contribution in [0, 0.1) is 5.82 Å². The monoisotopic (exact) mass is 364 g/mol. The summed E-state index contributed by atoms with van der Waals surface area (Å²) in [6.07, 6.45) is -1.56. The third kappa shape index (κ3) is 3.81. The molecule has 0 amide bonds. The number of aliphatic hydroxyl groups excluding tert-OH is 1. The van der Waals surface area contributed by atoms with Crippen LogP contribution in [0.4, 0.5) is 4.39 Å². The van der Waals surface area contributed by atoms with Crippen molar-refractivity contribution in [2.24, 2.45) is 0 Å². The molecule has 0 radical (unpaired) electrons. The van der Waals surface area contributed by atoms with Gasteiger partial charge in [0, 0.05) is 11.1 Å². The molecule has 2 N–H and O–H groups in total. The molecule has 0 aliphatic heterocycles. The maximum absolute atomic E-state index is 13.2. The largest absolute Gasteiger partial charge is 0.493 e. The maximum Gasteiger partial charge on any atom is 0.342 e. The zero-order valence-electron chi connectivity index (χ0n) is 14.0. The second-order valence-electron chi connectivity index (χ2n) is 5.26. The van der Waals surface area contributed by atoms with E-state index in [2.05, 4.69) is 4.74 Å². The Labute approximate surface area is 148 Å². The number of ether oxygens (including phenoxy) is 3. The molecule has 2 aromatic carbocycles. The number of aliphatic hydroxyl groups is 2. The van der Waals surface area contributed by atoms with Gasteiger partial charge < -0.3 is 24.4 Å². The molecule has 2 unspecified atom stereocenters. The Balaban J connectivity index is 2.53. The van der Waals surface area contributed by atoms with E-state index in [1.165, 1.54) is 25.3 Å². The van der Waals surface area contributed by atoms with Crippen molar-refractivity contribution in [3.63, 3.8) is 0 Å². The smallest absolute Gasteiger partial charge is 0.342 e. The number of halogens is 1. The van der Waals surface area contributed by atoms with Gasteiger partial charge in [-0.2, -0.15) is 0 Å². The molecule has 8 heteroatoms. The van der Waals surface area contributed by atoms with Gasteiger partial charge in [-0.3, -0.25) is 4.79 Å². The summed E-state index contributed by atoms with van der Waals surface area (Å²) in [4.78, 5) is 22.7. The predicted molar refractivity (Wildman–Crippen MR) is 87.3 cm³/mol. The molecular weight excluding hydrogens is 347 g/mol. The van der Waals surface area contributed by atoms with Crippen LogP contribution < -0.4 is 9.47 Å². The van der Waals surface area contributed by atoms with Crippen LogP contribution in [-0.2, 0) is 15.3 Å². The molecule has 0 aliphatic rings. The minimum Gasteiger partial charge on any atom is -0.493 e. The first kappa shape index (κ1) is 19.4. The van der Waals surface area contributed by atoms with E-state index in [0.29, 0.717) is 6.29 Å². The summed E-state index contributed by atoms with van der Waals surface area (Å²) in [5.41, 5.74) is 0.186. The van der Waals surface area contributed by atoms with Gasteiger partial charge in [-0.25, -0.2) is 9.18 Å². The van der Waals surface area contributed by atoms with E-state index in [0.717, 1.165) is 31.4 Å². The highest BCUT2D eigenvalue weighted by atomic mass is 19.1. The third-order valence-electron chi connectivity index (χ3n) is 3.64. The van der Waals surface area contributed by atoms with Crippen LogP contribution in [0.15, 0.2) is 42.5 Å². The van der Waals surface area contributed by atoms with E-state index < -0.39 is 23.7 Å². The summed E-state index contributed by atoms with van der Waals surface area (Å²) in [7, 11) is 2.33. The molecule has 0 saturated heterocycles. The Bertz CT molecular complexity index is 791. The van der Waals surface area contributed by atoms with Crippen LogP contribution in [0.3, 0.4) is 0 Å². The van der Waals surface area contributed by atoms with Gasteiger partial charge in [0.1, 0.15) is 12.1 Å². The summed E-state index contributed by atoms with van der Waals surface area (Å²) >= 11 is 0. The Morgan fingerprint density at radius 3 is 2.35 bits per heavy atom. The van der Waals surface area contributed by atoms with Gasteiger partial charge in [-0.15, -0.1) is 0 Å². The summed E-state index contributed by atoms with van der Waals surface area (Å²) in [6, 6.07) is 8.40. The molecular formula is C18H17FO7. The first-order valence-electron chi connectivity index (χ1n) is 7.42. The van der Waals surface area contributed by atoms with Crippen molar-refractivity contribution in [1.82, 2.24) is 0 Å². The molecule has 2 rings (SSSR count). The highest BCUT2D eigenvalue weighted by Crippen LogP contribution is 2.36. The van der Waals surface area contributed by atoms with Crippen LogP contribution in [0.25, 0.3) is 0 Å². The number of methoxy groups -OCH3 is 2. The van der Waals surface area contributed by atoms with Crippen molar-refractivity contribution < 1.29 is 38.4 Å². The van der Waals surface area contributed by atoms with Crippen LogP contribution in [0.2, 0.25) is 0 Å². The van der Waals surface area contributed by atoms with Gasteiger partial charge in [0.05, 0.1) is 14.2 Å². The number of hydrogen-bond donors (Lipinski definition) is 2. The number of benzene rings is 2. The molecule has 0 fully saturated rings. The van der Waals surface area contributed by atoms with Crippen molar-refractivity contribution >= 4 is 12.3 Å². The first-order valence-corrected chi connectivity index (χ1v) is 7.42. The standard InChI is InChI=1S/C18H17FO7/c1-24-15-9-11(10-20)3-8-14(15)26-18(23,16(21)17(22)25-2)12-4-6-13(19)7-5-12/h3-10,16,21,23H,1-2H3. The fourth-order valence-corrected chi connectivity index (χ4v) is 2.24.